The molecule has 110 valence electrons. The van der Waals surface area contributed by atoms with Crippen LogP contribution >= 0.6 is 11.3 Å². The number of nitrogens with one attached hydrogen (secondary N) is 1. The van der Waals surface area contributed by atoms with Gasteiger partial charge in [-0.3, -0.25) is 4.79 Å². The van der Waals surface area contributed by atoms with E-state index in [9.17, 15) is 4.79 Å². The highest BCUT2D eigenvalue weighted by molar-refractivity contribution is 7.07. The number of hydrogen-bond acceptors (Lipinski definition) is 5. The average Bonchev–Trinajstić information content (AvgIpc) is 3.02. The minimum atomic E-state index is -0.0831. The zero-order valence-corrected chi connectivity index (χ0v) is 12.8. The van der Waals surface area contributed by atoms with E-state index in [-0.39, 0.29) is 11.9 Å². The van der Waals surface area contributed by atoms with Crippen LogP contribution in [-0.2, 0) is 0 Å². The molecule has 1 fully saturated rings. The Labute approximate surface area is 128 Å². The minimum Gasteiger partial charge on any atom is -0.355 e. The fraction of sp³-hybridized carbons (Fsp3) is 0.400. The number of anilines is 1. The zero-order valence-electron chi connectivity index (χ0n) is 12.0. The van der Waals surface area contributed by atoms with Crippen LogP contribution in [0.4, 0.5) is 5.82 Å². The van der Waals surface area contributed by atoms with Crippen molar-refractivity contribution in [3.8, 4) is 0 Å². The van der Waals surface area contributed by atoms with Crippen LogP contribution < -0.4 is 10.2 Å². The van der Waals surface area contributed by atoms with E-state index >= 15 is 0 Å². The van der Waals surface area contributed by atoms with Gasteiger partial charge >= 0.3 is 0 Å². The van der Waals surface area contributed by atoms with E-state index in [0.717, 1.165) is 37.4 Å². The monoisotopic (exact) mass is 302 g/mol. The summed E-state index contributed by atoms with van der Waals surface area (Å²) >= 11 is 1.44. The van der Waals surface area contributed by atoms with Gasteiger partial charge in [0.05, 0.1) is 5.51 Å². The van der Waals surface area contributed by atoms with E-state index in [4.69, 9.17) is 0 Å². The Balaban J connectivity index is 1.64. The molecule has 1 aliphatic heterocycles. The summed E-state index contributed by atoms with van der Waals surface area (Å²) in [5.74, 6) is 0.905. The normalized spacial score (nSPS) is 18.5. The summed E-state index contributed by atoms with van der Waals surface area (Å²) in [6.07, 6.45) is 2.05. The maximum Gasteiger partial charge on any atom is 0.271 e. The van der Waals surface area contributed by atoms with Gasteiger partial charge in [-0.1, -0.05) is 6.07 Å². The summed E-state index contributed by atoms with van der Waals surface area (Å²) in [5.41, 5.74) is 3.20. The summed E-state index contributed by atoms with van der Waals surface area (Å²) in [7, 11) is 0. The van der Waals surface area contributed by atoms with Crippen molar-refractivity contribution in [1.82, 2.24) is 15.3 Å². The van der Waals surface area contributed by atoms with E-state index in [1.165, 1.54) is 11.3 Å². The van der Waals surface area contributed by atoms with E-state index in [1.54, 1.807) is 10.9 Å². The molecule has 6 heteroatoms. The summed E-state index contributed by atoms with van der Waals surface area (Å²) in [5, 5.41) is 4.85. The third kappa shape index (κ3) is 3.39. The van der Waals surface area contributed by atoms with E-state index in [1.807, 2.05) is 25.1 Å². The lowest BCUT2D eigenvalue weighted by atomic mass is 10.1. The van der Waals surface area contributed by atoms with E-state index < -0.39 is 0 Å². The maximum absolute atomic E-state index is 12.1. The fourth-order valence-corrected chi connectivity index (χ4v) is 3.12. The Morgan fingerprint density at radius 2 is 2.38 bits per heavy atom. The van der Waals surface area contributed by atoms with Gasteiger partial charge in [0.1, 0.15) is 11.5 Å². The summed E-state index contributed by atoms with van der Waals surface area (Å²) in [4.78, 5) is 22.9. The predicted octanol–water partition coefficient (Wildman–Crippen LogP) is 2.25. The SMILES string of the molecule is Cc1cccc(N2CCCC(NC(=O)c3cscn3)C2)n1. The number of piperidine rings is 1. The van der Waals surface area contributed by atoms with Crippen molar-refractivity contribution in [2.75, 3.05) is 18.0 Å². The molecule has 1 unspecified atom stereocenters. The minimum absolute atomic E-state index is 0.0831. The first-order valence-corrected chi connectivity index (χ1v) is 8.04. The fourth-order valence-electron chi connectivity index (χ4n) is 2.59. The van der Waals surface area contributed by atoms with Gasteiger partial charge in [0.25, 0.3) is 5.91 Å². The molecule has 0 aromatic carbocycles. The number of nitrogens with zero attached hydrogens (tertiary/aromatic N) is 3. The molecule has 3 rings (SSSR count). The van der Waals surface area contributed by atoms with Crippen LogP contribution in [0.3, 0.4) is 0 Å². The van der Waals surface area contributed by atoms with Gasteiger partial charge in [-0.25, -0.2) is 9.97 Å². The molecule has 0 aliphatic carbocycles. The van der Waals surface area contributed by atoms with Crippen LogP contribution in [0.15, 0.2) is 29.1 Å². The smallest absolute Gasteiger partial charge is 0.271 e. The molecule has 0 bridgehead atoms. The summed E-state index contributed by atoms with van der Waals surface area (Å²) in [6, 6.07) is 6.19. The molecule has 3 heterocycles. The second kappa shape index (κ2) is 6.22. The standard InChI is InChI=1S/C15H18N4OS/c1-11-4-2-6-14(17-11)19-7-3-5-12(8-19)18-15(20)13-9-21-10-16-13/h2,4,6,9-10,12H,3,5,7-8H2,1H3,(H,18,20). The molecule has 1 N–H and O–H groups in total. The van der Waals surface area contributed by atoms with Gasteiger partial charge in [-0.2, -0.15) is 0 Å². The van der Waals surface area contributed by atoms with Gasteiger partial charge in [0, 0.05) is 30.2 Å². The number of amides is 1. The lowest BCUT2D eigenvalue weighted by molar-refractivity contribution is 0.0929. The highest BCUT2D eigenvalue weighted by atomic mass is 32.1. The predicted molar refractivity (Wildman–Crippen MR) is 83.8 cm³/mol. The first kappa shape index (κ1) is 14.0. The second-order valence-electron chi connectivity index (χ2n) is 5.27. The maximum atomic E-state index is 12.1. The summed E-state index contributed by atoms with van der Waals surface area (Å²) in [6.45, 7) is 3.78. The van der Waals surface area contributed by atoms with Crippen molar-refractivity contribution in [2.24, 2.45) is 0 Å². The Hall–Kier alpha value is -1.95. The van der Waals surface area contributed by atoms with Crippen molar-refractivity contribution in [2.45, 2.75) is 25.8 Å². The molecule has 1 aliphatic rings. The third-order valence-corrected chi connectivity index (χ3v) is 4.21. The lowest BCUT2D eigenvalue weighted by Gasteiger charge is -2.34. The second-order valence-corrected chi connectivity index (χ2v) is 5.99. The molecular weight excluding hydrogens is 284 g/mol. The molecule has 2 aromatic rings. The molecule has 2 aromatic heterocycles. The number of rotatable bonds is 3. The summed E-state index contributed by atoms with van der Waals surface area (Å²) < 4.78 is 0. The van der Waals surface area contributed by atoms with Gasteiger partial charge in [-0.15, -0.1) is 11.3 Å². The zero-order chi connectivity index (χ0) is 14.7. The van der Waals surface area contributed by atoms with E-state index in [2.05, 4.69) is 20.2 Å². The van der Waals surface area contributed by atoms with Crippen LogP contribution in [0.2, 0.25) is 0 Å². The van der Waals surface area contributed by atoms with Crippen molar-refractivity contribution in [3.63, 3.8) is 0 Å². The number of thiazole rings is 1. The number of carbonyl (C=O) groups excluding carboxylic acids is 1. The highest BCUT2D eigenvalue weighted by Crippen LogP contribution is 2.18. The van der Waals surface area contributed by atoms with Crippen molar-refractivity contribution in [3.05, 3.63) is 40.5 Å². The van der Waals surface area contributed by atoms with Crippen molar-refractivity contribution in [1.29, 1.82) is 0 Å². The topological polar surface area (TPSA) is 58.1 Å². The van der Waals surface area contributed by atoms with Gasteiger partial charge in [-0.05, 0) is 31.9 Å². The molecular formula is C15H18N4OS. The number of aryl methyl sites for hydroxylation is 1. The number of hydrogen-bond donors (Lipinski definition) is 1. The van der Waals surface area contributed by atoms with Crippen LogP contribution in [0.1, 0.15) is 29.0 Å². The average molecular weight is 302 g/mol. The Morgan fingerprint density at radius 3 is 3.14 bits per heavy atom. The Kier molecular flexibility index (Phi) is 4.15. The van der Waals surface area contributed by atoms with Crippen LogP contribution in [0.5, 0.6) is 0 Å². The number of carbonyl (C=O) groups is 1. The van der Waals surface area contributed by atoms with Gasteiger partial charge in [0.2, 0.25) is 0 Å². The van der Waals surface area contributed by atoms with Crippen molar-refractivity contribution < 1.29 is 4.79 Å². The van der Waals surface area contributed by atoms with Gasteiger partial charge < -0.3 is 10.2 Å². The molecule has 0 saturated carbocycles. The highest BCUT2D eigenvalue weighted by Gasteiger charge is 2.23. The molecule has 21 heavy (non-hydrogen) atoms. The third-order valence-electron chi connectivity index (χ3n) is 3.62. The van der Waals surface area contributed by atoms with Crippen molar-refractivity contribution >= 4 is 23.1 Å². The Morgan fingerprint density at radius 1 is 1.48 bits per heavy atom. The lowest BCUT2D eigenvalue weighted by Crippen LogP contribution is -2.48. The molecule has 0 radical (unpaired) electrons. The molecule has 5 nitrogen and oxygen atoms in total. The molecule has 0 spiro atoms. The van der Waals surface area contributed by atoms with Crippen LogP contribution in [0, 0.1) is 6.92 Å². The number of aromatic nitrogens is 2. The number of pyridine rings is 1. The molecule has 1 atom stereocenters. The van der Waals surface area contributed by atoms with Crippen LogP contribution in [0.25, 0.3) is 0 Å². The molecule has 1 saturated heterocycles. The van der Waals surface area contributed by atoms with Gasteiger partial charge in [0.15, 0.2) is 0 Å². The quantitative estimate of drug-likeness (QED) is 0.945. The molecule has 1 amide bonds. The van der Waals surface area contributed by atoms with Crippen LogP contribution in [-0.4, -0.2) is 35.0 Å². The van der Waals surface area contributed by atoms with E-state index in [0.29, 0.717) is 5.69 Å². The largest absolute Gasteiger partial charge is 0.355 e. The Bertz CT molecular complexity index is 614. The first-order valence-electron chi connectivity index (χ1n) is 7.10. The first-order chi connectivity index (χ1) is 10.2.